The lowest BCUT2D eigenvalue weighted by Crippen LogP contribution is -2.29. The van der Waals surface area contributed by atoms with Crippen LogP contribution in [0.25, 0.3) is 0 Å². The van der Waals surface area contributed by atoms with E-state index < -0.39 is 17.8 Å². The zero-order chi connectivity index (χ0) is 12.1. The Bertz CT molecular complexity index is 387. The van der Waals surface area contributed by atoms with Crippen LogP contribution in [-0.4, -0.2) is 23.6 Å². The number of nitrogens with zero attached hydrogens (tertiary/aromatic N) is 1. The number of rotatable bonds is 4. The van der Waals surface area contributed by atoms with Gasteiger partial charge in [-0.3, -0.25) is 0 Å². The second kappa shape index (κ2) is 5.79. The minimum Gasteiger partial charge on any atom is -0.464 e. The molecule has 0 saturated carbocycles. The van der Waals surface area contributed by atoms with Gasteiger partial charge in [-0.15, -0.1) is 0 Å². The lowest BCUT2D eigenvalue weighted by Gasteiger charge is -2.13. The monoisotopic (exact) mass is 290 g/mol. The van der Waals surface area contributed by atoms with Crippen LogP contribution < -0.4 is 5.32 Å². The van der Waals surface area contributed by atoms with Gasteiger partial charge >= 0.3 is 5.97 Å². The quantitative estimate of drug-likeness (QED) is 0.865. The molecule has 16 heavy (non-hydrogen) atoms. The molecule has 0 aliphatic carbocycles. The Labute approximate surface area is 101 Å². The first kappa shape index (κ1) is 12.9. The number of anilines is 1. The van der Waals surface area contributed by atoms with Gasteiger partial charge in [0.1, 0.15) is 6.04 Å². The fourth-order valence-corrected chi connectivity index (χ4v) is 1.36. The van der Waals surface area contributed by atoms with Crippen LogP contribution in [0.2, 0.25) is 0 Å². The van der Waals surface area contributed by atoms with Crippen LogP contribution in [0, 0.1) is 5.82 Å². The van der Waals surface area contributed by atoms with Crippen molar-refractivity contribution < 1.29 is 13.9 Å². The molecule has 0 spiro atoms. The standard InChI is InChI=1S/C10H12BrFN2O2/c1-3-16-10(15)6(2)14-9-8(12)4-7(11)5-13-9/h4-6H,3H2,1-2H3,(H,13,14). The van der Waals surface area contributed by atoms with E-state index in [1.54, 1.807) is 13.8 Å². The molecule has 1 aromatic rings. The molecule has 6 heteroatoms. The number of carbonyl (C=O) groups excluding carboxylic acids is 1. The highest BCUT2D eigenvalue weighted by atomic mass is 79.9. The van der Waals surface area contributed by atoms with Crippen LogP contribution in [-0.2, 0) is 9.53 Å². The van der Waals surface area contributed by atoms with Gasteiger partial charge in [0.15, 0.2) is 11.6 Å². The van der Waals surface area contributed by atoms with Gasteiger partial charge in [0.25, 0.3) is 0 Å². The fourth-order valence-electron chi connectivity index (χ4n) is 1.05. The van der Waals surface area contributed by atoms with Gasteiger partial charge in [0, 0.05) is 10.7 Å². The summed E-state index contributed by atoms with van der Waals surface area (Å²) in [6.07, 6.45) is 1.45. The first-order valence-corrected chi connectivity index (χ1v) is 5.58. The molecule has 1 rings (SSSR count). The van der Waals surface area contributed by atoms with E-state index in [1.807, 2.05) is 0 Å². The van der Waals surface area contributed by atoms with Crippen molar-refractivity contribution in [2.24, 2.45) is 0 Å². The third kappa shape index (κ3) is 3.44. The second-order valence-electron chi connectivity index (χ2n) is 3.10. The lowest BCUT2D eigenvalue weighted by atomic mass is 10.3. The van der Waals surface area contributed by atoms with Gasteiger partial charge in [-0.2, -0.15) is 0 Å². The van der Waals surface area contributed by atoms with Gasteiger partial charge in [-0.05, 0) is 35.8 Å². The van der Waals surface area contributed by atoms with Crippen molar-refractivity contribution in [3.05, 3.63) is 22.6 Å². The van der Waals surface area contributed by atoms with Crippen molar-refractivity contribution in [3.63, 3.8) is 0 Å². The summed E-state index contributed by atoms with van der Waals surface area (Å²) in [6.45, 7) is 3.59. The SMILES string of the molecule is CCOC(=O)C(C)Nc1ncc(Br)cc1F. The van der Waals surface area contributed by atoms with E-state index in [4.69, 9.17) is 4.74 Å². The molecule has 4 nitrogen and oxygen atoms in total. The summed E-state index contributed by atoms with van der Waals surface area (Å²) >= 11 is 3.09. The number of carbonyl (C=O) groups is 1. The van der Waals surface area contributed by atoms with E-state index in [0.717, 1.165) is 0 Å². The minimum atomic E-state index is -0.636. The normalized spacial score (nSPS) is 12.0. The van der Waals surface area contributed by atoms with Crippen LogP contribution in [0.5, 0.6) is 0 Å². The summed E-state index contributed by atoms with van der Waals surface area (Å²) in [4.78, 5) is 15.1. The molecule has 1 heterocycles. The predicted octanol–water partition coefficient (Wildman–Crippen LogP) is 2.35. The molecule has 0 aromatic carbocycles. The number of hydrogen-bond acceptors (Lipinski definition) is 4. The summed E-state index contributed by atoms with van der Waals surface area (Å²) in [5.41, 5.74) is 0. The minimum absolute atomic E-state index is 0.0313. The number of hydrogen-bond donors (Lipinski definition) is 1. The average molecular weight is 291 g/mol. The smallest absolute Gasteiger partial charge is 0.328 e. The van der Waals surface area contributed by atoms with Crippen LogP contribution in [0.15, 0.2) is 16.7 Å². The van der Waals surface area contributed by atoms with Crippen molar-refractivity contribution >= 4 is 27.7 Å². The Morgan fingerprint density at radius 1 is 1.75 bits per heavy atom. The molecule has 1 unspecified atom stereocenters. The molecule has 0 fully saturated rings. The van der Waals surface area contributed by atoms with E-state index in [0.29, 0.717) is 11.1 Å². The second-order valence-corrected chi connectivity index (χ2v) is 4.02. The molecule has 0 radical (unpaired) electrons. The molecular weight excluding hydrogens is 279 g/mol. The van der Waals surface area contributed by atoms with Crippen molar-refractivity contribution in [1.29, 1.82) is 0 Å². The van der Waals surface area contributed by atoms with Crippen LogP contribution >= 0.6 is 15.9 Å². The van der Waals surface area contributed by atoms with Gasteiger partial charge in [-0.1, -0.05) is 0 Å². The average Bonchev–Trinajstić information content (AvgIpc) is 2.22. The highest BCUT2D eigenvalue weighted by Gasteiger charge is 2.16. The zero-order valence-corrected chi connectivity index (χ0v) is 10.5. The number of halogens is 2. The largest absolute Gasteiger partial charge is 0.464 e. The Hall–Kier alpha value is -1.17. The van der Waals surface area contributed by atoms with E-state index in [9.17, 15) is 9.18 Å². The molecule has 88 valence electrons. The predicted molar refractivity (Wildman–Crippen MR) is 61.6 cm³/mol. The topological polar surface area (TPSA) is 51.2 Å². The van der Waals surface area contributed by atoms with Gasteiger partial charge in [0.05, 0.1) is 6.61 Å². The summed E-state index contributed by atoms with van der Waals surface area (Å²) in [5, 5.41) is 2.64. The van der Waals surface area contributed by atoms with E-state index in [-0.39, 0.29) is 5.82 Å². The molecular formula is C10H12BrFN2O2. The van der Waals surface area contributed by atoms with Crippen molar-refractivity contribution in [2.75, 3.05) is 11.9 Å². The molecule has 0 amide bonds. The van der Waals surface area contributed by atoms with Crippen molar-refractivity contribution in [3.8, 4) is 0 Å². The van der Waals surface area contributed by atoms with Gasteiger partial charge in [-0.25, -0.2) is 14.2 Å². The lowest BCUT2D eigenvalue weighted by molar-refractivity contribution is -0.143. The number of esters is 1. The fraction of sp³-hybridized carbons (Fsp3) is 0.400. The number of nitrogens with one attached hydrogen (secondary N) is 1. The Morgan fingerprint density at radius 2 is 2.44 bits per heavy atom. The molecule has 0 bridgehead atoms. The number of aromatic nitrogens is 1. The third-order valence-electron chi connectivity index (χ3n) is 1.80. The van der Waals surface area contributed by atoms with E-state index in [1.165, 1.54) is 12.3 Å². The highest BCUT2D eigenvalue weighted by molar-refractivity contribution is 9.10. The van der Waals surface area contributed by atoms with Gasteiger partial charge < -0.3 is 10.1 Å². The summed E-state index contributed by atoms with van der Waals surface area (Å²) in [6, 6.07) is 0.635. The zero-order valence-electron chi connectivity index (χ0n) is 8.96. The summed E-state index contributed by atoms with van der Waals surface area (Å²) in [7, 11) is 0. The molecule has 1 N–H and O–H groups in total. The molecule has 1 atom stereocenters. The first-order valence-electron chi connectivity index (χ1n) is 4.78. The Kier molecular flexibility index (Phi) is 4.67. The van der Waals surface area contributed by atoms with Crippen molar-refractivity contribution in [1.82, 2.24) is 4.98 Å². The molecule has 0 saturated heterocycles. The summed E-state index contributed by atoms with van der Waals surface area (Å²) in [5.74, 6) is -0.930. The molecule has 0 aliphatic rings. The number of pyridine rings is 1. The maximum absolute atomic E-state index is 13.4. The Balaban J connectivity index is 2.69. The highest BCUT2D eigenvalue weighted by Crippen LogP contribution is 2.16. The maximum atomic E-state index is 13.4. The number of ether oxygens (including phenoxy) is 1. The van der Waals surface area contributed by atoms with E-state index >= 15 is 0 Å². The first-order chi connectivity index (χ1) is 7.54. The van der Waals surface area contributed by atoms with Crippen molar-refractivity contribution in [2.45, 2.75) is 19.9 Å². The third-order valence-corrected chi connectivity index (χ3v) is 2.23. The van der Waals surface area contributed by atoms with Gasteiger partial charge in [0.2, 0.25) is 0 Å². The van der Waals surface area contributed by atoms with Crippen LogP contribution in [0.4, 0.5) is 10.2 Å². The van der Waals surface area contributed by atoms with Crippen LogP contribution in [0.1, 0.15) is 13.8 Å². The van der Waals surface area contributed by atoms with E-state index in [2.05, 4.69) is 26.2 Å². The maximum Gasteiger partial charge on any atom is 0.328 e. The molecule has 0 aliphatic heterocycles. The summed E-state index contributed by atoms with van der Waals surface area (Å²) < 4.78 is 18.7. The van der Waals surface area contributed by atoms with Crippen LogP contribution in [0.3, 0.4) is 0 Å². The Morgan fingerprint density at radius 3 is 3.00 bits per heavy atom. The molecule has 1 aromatic heterocycles.